The monoisotopic (exact) mass is 406 g/mol. The molecule has 0 saturated carbocycles. The number of aryl methyl sites for hydroxylation is 1. The lowest BCUT2D eigenvalue weighted by Crippen LogP contribution is -2.38. The van der Waals surface area contributed by atoms with Crippen LogP contribution in [0, 0.1) is 6.92 Å². The average molecular weight is 406 g/mol. The van der Waals surface area contributed by atoms with Gasteiger partial charge in [-0.05, 0) is 61.0 Å². The van der Waals surface area contributed by atoms with Gasteiger partial charge < -0.3 is 19.4 Å². The minimum absolute atomic E-state index is 0.00557. The highest BCUT2D eigenvalue weighted by Gasteiger charge is 2.24. The number of pyridine rings is 1. The highest BCUT2D eigenvalue weighted by Crippen LogP contribution is 2.20. The molecule has 1 fully saturated rings. The van der Waals surface area contributed by atoms with Gasteiger partial charge in [-0.2, -0.15) is 0 Å². The summed E-state index contributed by atoms with van der Waals surface area (Å²) < 4.78 is 10.9. The zero-order valence-corrected chi connectivity index (χ0v) is 17.3. The second-order valence-electron chi connectivity index (χ2n) is 7.71. The molecule has 1 unspecified atom stereocenters. The lowest BCUT2D eigenvalue weighted by molar-refractivity contribution is 0.0506. The lowest BCUT2D eigenvalue weighted by atomic mass is 10.1. The Balaban J connectivity index is 1.65. The Bertz CT molecular complexity index is 1100. The van der Waals surface area contributed by atoms with E-state index in [9.17, 15) is 9.59 Å². The molecule has 1 aliphatic rings. The summed E-state index contributed by atoms with van der Waals surface area (Å²) in [6.07, 6.45) is 1.90. The van der Waals surface area contributed by atoms with Crippen LogP contribution in [-0.4, -0.2) is 42.2 Å². The van der Waals surface area contributed by atoms with E-state index in [1.165, 1.54) is 0 Å². The summed E-state index contributed by atoms with van der Waals surface area (Å²) in [6, 6.07) is 14.8. The first-order chi connectivity index (χ1) is 14.5. The molecule has 2 heterocycles. The highest BCUT2D eigenvalue weighted by molar-refractivity contribution is 5.94. The summed E-state index contributed by atoms with van der Waals surface area (Å²) in [5.41, 5.74) is 2.80. The standard InChI is InChI=1S/C24H26N2O4/c1-16-5-3-6-18-13-19(23(27)25-22(16)18)14-26(15-21-7-4-12-30-21)24(28)17-8-10-20(29-2)11-9-17/h3,5-6,8-11,13,21H,4,7,12,14-15H2,1-2H3,(H,25,27). The first-order valence-corrected chi connectivity index (χ1v) is 10.2. The van der Waals surface area contributed by atoms with Crippen LogP contribution < -0.4 is 10.3 Å². The minimum Gasteiger partial charge on any atom is -0.497 e. The molecule has 0 aliphatic carbocycles. The molecule has 3 aromatic rings. The van der Waals surface area contributed by atoms with Crippen molar-refractivity contribution in [1.82, 2.24) is 9.88 Å². The van der Waals surface area contributed by atoms with Crippen molar-refractivity contribution in [3.8, 4) is 5.75 Å². The molecule has 1 atom stereocenters. The zero-order chi connectivity index (χ0) is 21.1. The molecule has 1 aliphatic heterocycles. The Kier molecular flexibility index (Phi) is 5.86. The van der Waals surface area contributed by atoms with E-state index < -0.39 is 0 Å². The molecular formula is C24H26N2O4. The number of methoxy groups -OCH3 is 1. The van der Waals surface area contributed by atoms with Crippen molar-refractivity contribution >= 4 is 16.8 Å². The maximum atomic E-state index is 13.3. The van der Waals surface area contributed by atoms with E-state index in [-0.39, 0.29) is 24.1 Å². The van der Waals surface area contributed by atoms with Crippen LogP contribution in [0.15, 0.2) is 53.3 Å². The fraction of sp³-hybridized carbons (Fsp3) is 0.333. The molecule has 156 valence electrons. The van der Waals surface area contributed by atoms with Gasteiger partial charge in [0, 0.05) is 24.3 Å². The van der Waals surface area contributed by atoms with Gasteiger partial charge in [-0.25, -0.2) is 0 Å². The lowest BCUT2D eigenvalue weighted by Gasteiger charge is -2.25. The molecule has 6 heteroatoms. The molecule has 0 bridgehead atoms. The second-order valence-corrected chi connectivity index (χ2v) is 7.71. The van der Waals surface area contributed by atoms with Crippen molar-refractivity contribution in [2.75, 3.05) is 20.3 Å². The number of para-hydroxylation sites is 1. The summed E-state index contributed by atoms with van der Waals surface area (Å²) in [7, 11) is 1.59. The van der Waals surface area contributed by atoms with E-state index in [1.54, 1.807) is 36.3 Å². The maximum Gasteiger partial charge on any atom is 0.254 e. The molecule has 0 radical (unpaired) electrons. The van der Waals surface area contributed by atoms with Crippen LogP contribution in [0.3, 0.4) is 0 Å². The first kappa shape index (κ1) is 20.2. The summed E-state index contributed by atoms with van der Waals surface area (Å²) in [6.45, 7) is 3.36. The van der Waals surface area contributed by atoms with Gasteiger partial charge in [-0.15, -0.1) is 0 Å². The average Bonchev–Trinajstić information content (AvgIpc) is 3.27. The molecule has 6 nitrogen and oxygen atoms in total. The number of carbonyl (C=O) groups excluding carboxylic acids is 1. The summed E-state index contributed by atoms with van der Waals surface area (Å²) in [4.78, 5) is 30.7. The number of rotatable bonds is 6. The molecular weight excluding hydrogens is 380 g/mol. The molecule has 30 heavy (non-hydrogen) atoms. The number of fused-ring (bicyclic) bond motifs is 1. The van der Waals surface area contributed by atoms with Crippen LogP contribution in [0.4, 0.5) is 0 Å². The number of hydrogen-bond donors (Lipinski definition) is 1. The molecule has 0 spiro atoms. The third-order valence-corrected chi connectivity index (χ3v) is 5.60. The topological polar surface area (TPSA) is 71.6 Å². The third kappa shape index (κ3) is 4.24. The number of carbonyl (C=O) groups is 1. The number of amides is 1. The quantitative estimate of drug-likeness (QED) is 0.678. The second kappa shape index (κ2) is 8.71. The predicted molar refractivity (Wildman–Crippen MR) is 116 cm³/mol. The van der Waals surface area contributed by atoms with E-state index in [1.807, 2.05) is 31.2 Å². The van der Waals surface area contributed by atoms with Crippen molar-refractivity contribution in [2.24, 2.45) is 0 Å². The van der Waals surface area contributed by atoms with Gasteiger partial charge in [0.25, 0.3) is 11.5 Å². The SMILES string of the molecule is COc1ccc(C(=O)N(Cc2cc3cccc(C)c3[nH]c2=O)CC2CCCO2)cc1. The Hall–Kier alpha value is -3.12. The number of aromatic amines is 1. The third-order valence-electron chi connectivity index (χ3n) is 5.60. The summed E-state index contributed by atoms with van der Waals surface area (Å²) in [5.74, 6) is 0.565. The van der Waals surface area contributed by atoms with Crippen molar-refractivity contribution < 1.29 is 14.3 Å². The van der Waals surface area contributed by atoms with E-state index in [0.717, 1.165) is 29.3 Å². The van der Waals surface area contributed by atoms with Crippen LogP contribution in [0.5, 0.6) is 5.75 Å². The van der Waals surface area contributed by atoms with Crippen LogP contribution in [-0.2, 0) is 11.3 Å². The highest BCUT2D eigenvalue weighted by atomic mass is 16.5. The van der Waals surface area contributed by atoms with Gasteiger partial charge >= 0.3 is 0 Å². The van der Waals surface area contributed by atoms with Crippen LogP contribution in [0.25, 0.3) is 10.9 Å². The van der Waals surface area contributed by atoms with Crippen LogP contribution in [0.1, 0.15) is 34.3 Å². The van der Waals surface area contributed by atoms with Crippen LogP contribution >= 0.6 is 0 Å². The largest absolute Gasteiger partial charge is 0.497 e. The number of hydrogen-bond acceptors (Lipinski definition) is 4. The predicted octanol–water partition coefficient (Wildman–Crippen LogP) is 3.67. The summed E-state index contributed by atoms with van der Waals surface area (Å²) in [5, 5.41) is 0.957. The molecule has 1 N–H and O–H groups in total. The maximum absolute atomic E-state index is 13.3. The zero-order valence-electron chi connectivity index (χ0n) is 17.3. The fourth-order valence-corrected chi connectivity index (χ4v) is 3.92. The fourth-order valence-electron chi connectivity index (χ4n) is 3.92. The summed E-state index contributed by atoms with van der Waals surface area (Å²) >= 11 is 0. The van der Waals surface area contributed by atoms with E-state index in [2.05, 4.69) is 4.98 Å². The van der Waals surface area contributed by atoms with Gasteiger partial charge in [0.05, 0.1) is 25.3 Å². The number of H-pyrrole nitrogens is 1. The number of benzene rings is 2. The van der Waals surface area contributed by atoms with Gasteiger partial charge in [-0.3, -0.25) is 9.59 Å². The Morgan fingerprint density at radius 2 is 2.03 bits per heavy atom. The van der Waals surface area contributed by atoms with Crippen molar-refractivity contribution in [2.45, 2.75) is 32.4 Å². The van der Waals surface area contributed by atoms with E-state index in [0.29, 0.717) is 30.0 Å². The van der Waals surface area contributed by atoms with Crippen molar-refractivity contribution in [3.63, 3.8) is 0 Å². The van der Waals surface area contributed by atoms with Crippen molar-refractivity contribution in [3.05, 3.63) is 75.6 Å². The number of ether oxygens (including phenoxy) is 2. The molecule has 4 rings (SSSR count). The Morgan fingerprint density at radius 1 is 1.23 bits per heavy atom. The van der Waals surface area contributed by atoms with Crippen LogP contribution in [0.2, 0.25) is 0 Å². The van der Waals surface area contributed by atoms with Gasteiger partial charge in [0.1, 0.15) is 5.75 Å². The van der Waals surface area contributed by atoms with Crippen molar-refractivity contribution in [1.29, 1.82) is 0 Å². The Morgan fingerprint density at radius 3 is 2.73 bits per heavy atom. The van der Waals surface area contributed by atoms with E-state index in [4.69, 9.17) is 9.47 Å². The molecule has 1 amide bonds. The molecule has 2 aromatic carbocycles. The number of nitrogens with zero attached hydrogens (tertiary/aromatic N) is 1. The Labute approximate surface area is 175 Å². The van der Waals surface area contributed by atoms with Gasteiger partial charge in [0.2, 0.25) is 0 Å². The molecule has 1 aromatic heterocycles. The number of aromatic nitrogens is 1. The molecule has 1 saturated heterocycles. The smallest absolute Gasteiger partial charge is 0.254 e. The number of nitrogens with one attached hydrogen (secondary N) is 1. The normalized spacial score (nSPS) is 16.0. The first-order valence-electron chi connectivity index (χ1n) is 10.2. The van der Waals surface area contributed by atoms with Gasteiger partial charge in [-0.1, -0.05) is 18.2 Å². The minimum atomic E-state index is -0.170. The van der Waals surface area contributed by atoms with E-state index >= 15 is 0 Å². The van der Waals surface area contributed by atoms with Gasteiger partial charge in [0.15, 0.2) is 0 Å².